The normalized spacial score (nSPS) is 41.7. The van der Waals surface area contributed by atoms with Gasteiger partial charge in [-0.15, -0.1) is 0 Å². The van der Waals surface area contributed by atoms with Gasteiger partial charge in [0.2, 0.25) is 0 Å². The van der Waals surface area contributed by atoms with E-state index in [-0.39, 0.29) is 23.7 Å². The van der Waals surface area contributed by atoms with Crippen LogP contribution in [0.15, 0.2) is 18.2 Å². The minimum Gasteiger partial charge on any atom is -0.504 e. The lowest BCUT2D eigenvalue weighted by Gasteiger charge is -2.51. The average Bonchev–Trinajstić information content (AvgIpc) is 2.80. The van der Waals surface area contributed by atoms with E-state index in [0.29, 0.717) is 0 Å². The van der Waals surface area contributed by atoms with Crippen LogP contribution >= 0.6 is 0 Å². The summed E-state index contributed by atoms with van der Waals surface area (Å²) in [6.45, 7) is 2.50. The number of hydrogen-bond acceptors (Lipinski definition) is 12. The zero-order chi connectivity index (χ0) is 24.5. The molecule has 188 valence electrons. The quantitative estimate of drug-likeness (QED) is 0.228. The van der Waals surface area contributed by atoms with Crippen molar-refractivity contribution >= 4 is 0 Å². The van der Waals surface area contributed by atoms with Crippen LogP contribution in [0.1, 0.15) is 19.4 Å². The molecule has 0 spiro atoms. The van der Waals surface area contributed by atoms with Crippen LogP contribution in [-0.2, 0) is 24.5 Å². The number of aromatic hydroxyl groups is 1. The fraction of sp³-hybridized carbons (Fsp3) is 0.714. The van der Waals surface area contributed by atoms with Crippen molar-refractivity contribution in [3.8, 4) is 11.5 Å². The first-order chi connectivity index (χ1) is 15.6. The maximum Gasteiger partial charge on any atom is 0.193 e. The third kappa shape index (κ3) is 4.68. The molecule has 7 N–H and O–H groups in total. The van der Waals surface area contributed by atoms with Gasteiger partial charge in [0, 0.05) is 6.61 Å². The third-order valence-electron chi connectivity index (χ3n) is 6.01. The number of phenolic OH excluding ortho intramolecular Hbond substituents is 1. The molecule has 10 unspecified atom stereocenters. The molecule has 0 aromatic heterocycles. The molecule has 2 heterocycles. The zero-order valence-electron chi connectivity index (χ0n) is 18.5. The maximum atomic E-state index is 11.8. The predicted octanol–water partition coefficient (Wildman–Crippen LogP) is -2.08. The van der Waals surface area contributed by atoms with Gasteiger partial charge in [-0.2, -0.15) is 0 Å². The molecule has 2 saturated heterocycles. The van der Waals surface area contributed by atoms with Gasteiger partial charge in [-0.25, -0.2) is 0 Å². The number of aliphatic hydroxyl groups is 6. The first kappa shape index (κ1) is 26.0. The molecule has 1 aromatic rings. The molecular weight excluding hydrogens is 444 g/mol. The van der Waals surface area contributed by atoms with Crippen LogP contribution in [0.2, 0.25) is 0 Å². The van der Waals surface area contributed by atoms with Gasteiger partial charge >= 0.3 is 0 Å². The molecule has 33 heavy (non-hydrogen) atoms. The molecule has 2 aliphatic rings. The Morgan fingerprint density at radius 1 is 1.03 bits per heavy atom. The molecule has 12 nitrogen and oxygen atoms in total. The first-order valence-corrected chi connectivity index (χ1v) is 10.6. The average molecular weight is 476 g/mol. The minimum absolute atomic E-state index is 0.0126. The number of aliphatic hydroxyl groups excluding tert-OH is 5. The number of hydrogen-bond donors (Lipinski definition) is 7. The van der Waals surface area contributed by atoms with E-state index in [4.69, 9.17) is 23.7 Å². The second-order valence-electron chi connectivity index (χ2n) is 8.08. The zero-order valence-corrected chi connectivity index (χ0v) is 18.5. The molecule has 12 heteroatoms. The Kier molecular flexibility index (Phi) is 8.17. The molecule has 2 fully saturated rings. The van der Waals surface area contributed by atoms with Gasteiger partial charge in [0.1, 0.15) is 36.6 Å². The molecule has 3 rings (SSSR count). The lowest BCUT2D eigenvalue weighted by Crippen LogP contribution is -2.68. The highest BCUT2D eigenvalue weighted by molar-refractivity contribution is 5.44. The molecule has 10 atom stereocenters. The fourth-order valence-electron chi connectivity index (χ4n) is 4.10. The Bertz CT molecular complexity index is 793. The molecule has 2 aliphatic heterocycles. The van der Waals surface area contributed by atoms with Crippen molar-refractivity contribution in [1.82, 2.24) is 0 Å². The van der Waals surface area contributed by atoms with Crippen molar-refractivity contribution in [2.75, 3.05) is 20.3 Å². The van der Waals surface area contributed by atoms with Crippen molar-refractivity contribution in [3.05, 3.63) is 23.8 Å². The van der Waals surface area contributed by atoms with Crippen molar-refractivity contribution < 1.29 is 59.4 Å². The molecule has 0 bridgehead atoms. The first-order valence-electron chi connectivity index (χ1n) is 10.6. The predicted molar refractivity (Wildman–Crippen MR) is 109 cm³/mol. The summed E-state index contributed by atoms with van der Waals surface area (Å²) in [5, 5.41) is 73.2. The molecule has 1 aromatic carbocycles. The Morgan fingerprint density at radius 2 is 1.73 bits per heavy atom. The van der Waals surface area contributed by atoms with Crippen LogP contribution in [0.25, 0.3) is 0 Å². The Balaban J connectivity index is 2.06. The number of benzene rings is 1. The van der Waals surface area contributed by atoms with Crippen LogP contribution in [0.3, 0.4) is 0 Å². The van der Waals surface area contributed by atoms with Crippen molar-refractivity contribution in [3.63, 3.8) is 0 Å². The lowest BCUT2D eigenvalue weighted by molar-refractivity contribution is -0.387. The molecule has 0 aliphatic carbocycles. The van der Waals surface area contributed by atoms with Crippen LogP contribution in [0.4, 0.5) is 0 Å². The topological polar surface area (TPSA) is 188 Å². The smallest absolute Gasteiger partial charge is 0.193 e. The third-order valence-corrected chi connectivity index (χ3v) is 6.01. The summed E-state index contributed by atoms with van der Waals surface area (Å²) in [4.78, 5) is 0. The number of phenols is 1. The standard InChI is InChI=1S/C21H32O12/c1-4-30-20-21(28,10-5-6-12(29-3)11(23)7-10)18(15(25)13(8-22)32-20)33-19-17(27)16(26)14(24)9(2)31-19/h5-7,9,13-20,22-28H,4,8H2,1-3H3. The maximum absolute atomic E-state index is 11.8. The van der Waals surface area contributed by atoms with E-state index in [0.717, 1.165) is 0 Å². The largest absolute Gasteiger partial charge is 0.504 e. The van der Waals surface area contributed by atoms with Gasteiger partial charge in [0.25, 0.3) is 0 Å². The van der Waals surface area contributed by atoms with Gasteiger partial charge in [-0.1, -0.05) is 6.07 Å². The number of ether oxygens (including phenoxy) is 5. The van der Waals surface area contributed by atoms with Crippen LogP contribution in [0.5, 0.6) is 11.5 Å². The minimum atomic E-state index is -2.28. The highest BCUT2D eigenvalue weighted by Crippen LogP contribution is 2.44. The highest BCUT2D eigenvalue weighted by atomic mass is 16.7. The van der Waals surface area contributed by atoms with Gasteiger partial charge < -0.3 is 59.4 Å². The number of methoxy groups -OCH3 is 1. The van der Waals surface area contributed by atoms with Crippen LogP contribution in [-0.4, -0.2) is 111 Å². The summed E-state index contributed by atoms with van der Waals surface area (Å²) in [5.74, 6) is -0.201. The van der Waals surface area contributed by atoms with Crippen LogP contribution < -0.4 is 4.74 Å². The van der Waals surface area contributed by atoms with E-state index in [1.54, 1.807) is 6.92 Å². The van der Waals surface area contributed by atoms with E-state index >= 15 is 0 Å². The van der Waals surface area contributed by atoms with Gasteiger partial charge in [0.15, 0.2) is 29.7 Å². The Morgan fingerprint density at radius 3 is 2.30 bits per heavy atom. The summed E-state index contributed by atoms with van der Waals surface area (Å²) in [6, 6.07) is 3.95. The molecule has 0 saturated carbocycles. The van der Waals surface area contributed by atoms with Crippen molar-refractivity contribution in [2.45, 2.75) is 74.8 Å². The monoisotopic (exact) mass is 476 g/mol. The summed E-state index contributed by atoms with van der Waals surface area (Å²) >= 11 is 0. The van der Waals surface area contributed by atoms with Gasteiger partial charge in [0.05, 0.1) is 19.8 Å². The van der Waals surface area contributed by atoms with Gasteiger partial charge in [-0.05, 0) is 31.5 Å². The van der Waals surface area contributed by atoms with Crippen molar-refractivity contribution in [1.29, 1.82) is 0 Å². The van der Waals surface area contributed by atoms with E-state index < -0.39 is 67.5 Å². The van der Waals surface area contributed by atoms with Crippen molar-refractivity contribution in [2.24, 2.45) is 0 Å². The van der Waals surface area contributed by atoms with E-state index in [9.17, 15) is 35.7 Å². The Labute approximate surface area is 190 Å². The molecule has 0 radical (unpaired) electrons. The van der Waals surface area contributed by atoms with E-state index in [2.05, 4.69) is 0 Å². The second-order valence-corrected chi connectivity index (χ2v) is 8.08. The van der Waals surface area contributed by atoms with Gasteiger partial charge in [-0.3, -0.25) is 0 Å². The fourth-order valence-corrected chi connectivity index (χ4v) is 4.10. The molecule has 0 amide bonds. The summed E-state index contributed by atoms with van der Waals surface area (Å²) in [7, 11) is 1.35. The summed E-state index contributed by atoms with van der Waals surface area (Å²) < 4.78 is 27.5. The van der Waals surface area contributed by atoms with Crippen LogP contribution in [0, 0.1) is 0 Å². The highest BCUT2D eigenvalue weighted by Gasteiger charge is 2.59. The summed E-state index contributed by atoms with van der Waals surface area (Å²) in [6.07, 6.45) is -13.3. The molecular formula is C21H32O12. The SMILES string of the molecule is CCOC1OC(CO)C(O)C(OC2OC(C)C(O)C(O)C2O)C1(O)c1ccc(OC)c(O)c1. The Hall–Kier alpha value is -1.58. The number of rotatable bonds is 7. The van der Waals surface area contributed by atoms with E-state index in [1.165, 1.54) is 32.2 Å². The summed E-state index contributed by atoms with van der Waals surface area (Å²) in [5.41, 5.74) is -2.27. The van der Waals surface area contributed by atoms with E-state index in [1.807, 2.05) is 0 Å². The second kappa shape index (κ2) is 10.4. The lowest BCUT2D eigenvalue weighted by atomic mass is 9.80.